The molecule has 0 saturated carbocycles. The quantitative estimate of drug-likeness (QED) is 0.936. The second-order valence-electron chi connectivity index (χ2n) is 5.85. The SMILES string of the molecule is Cc1ccc2ncnc(NC(C)C3CN(C)CCO3)c2c1. The summed E-state index contributed by atoms with van der Waals surface area (Å²) in [6.45, 7) is 6.96. The van der Waals surface area contributed by atoms with Gasteiger partial charge in [0.25, 0.3) is 0 Å². The monoisotopic (exact) mass is 286 g/mol. The first kappa shape index (κ1) is 14.2. The molecule has 5 nitrogen and oxygen atoms in total. The van der Waals surface area contributed by atoms with Gasteiger partial charge in [0.1, 0.15) is 12.1 Å². The van der Waals surface area contributed by atoms with E-state index in [-0.39, 0.29) is 12.1 Å². The van der Waals surface area contributed by atoms with Crippen LogP contribution < -0.4 is 5.32 Å². The molecule has 2 heterocycles. The van der Waals surface area contributed by atoms with Crippen LogP contribution in [0.15, 0.2) is 24.5 Å². The van der Waals surface area contributed by atoms with Crippen LogP contribution in [0.1, 0.15) is 12.5 Å². The fourth-order valence-corrected chi connectivity index (χ4v) is 2.71. The lowest BCUT2D eigenvalue weighted by Gasteiger charge is -2.34. The first-order valence-electron chi connectivity index (χ1n) is 7.41. The van der Waals surface area contributed by atoms with Gasteiger partial charge in [-0.05, 0) is 33.0 Å². The molecule has 2 aromatic rings. The normalized spacial score (nSPS) is 21.4. The zero-order valence-corrected chi connectivity index (χ0v) is 12.8. The Kier molecular flexibility index (Phi) is 4.03. The Morgan fingerprint density at radius 3 is 3.05 bits per heavy atom. The smallest absolute Gasteiger partial charge is 0.137 e. The highest BCUT2D eigenvalue weighted by Crippen LogP contribution is 2.22. The van der Waals surface area contributed by atoms with Crippen LogP contribution in [0.25, 0.3) is 10.9 Å². The lowest BCUT2D eigenvalue weighted by Crippen LogP contribution is -2.47. The molecular formula is C16H22N4O. The van der Waals surface area contributed by atoms with E-state index in [1.165, 1.54) is 5.56 Å². The van der Waals surface area contributed by atoms with E-state index in [4.69, 9.17) is 4.74 Å². The van der Waals surface area contributed by atoms with Gasteiger partial charge in [-0.3, -0.25) is 0 Å². The number of aryl methyl sites for hydroxylation is 1. The standard InChI is InChI=1S/C16H22N4O/c1-11-4-5-14-13(8-11)16(18-10-17-14)19-12(2)15-9-20(3)6-7-21-15/h4-5,8,10,12,15H,6-7,9H2,1-3H3,(H,17,18,19). The number of morpholine rings is 1. The van der Waals surface area contributed by atoms with Crippen LogP contribution in [0.4, 0.5) is 5.82 Å². The molecule has 1 aliphatic heterocycles. The maximum Gasteiger partial charge on any atom is 0.137 e. The zero-order chi connectivity index (χ0) is 14.8. The van der Waals surface area contributed by atoms with Gasteiger partial charge in [-0.25, -0.2) is 9.97 Å². The Morgan fingerprint density at radius 1 is 1.38 bits per heavy atom. The van der Waals surface area contributed by atoms with Crippen molar-refractivity contribution in [3.8, 4) is 0 Å². The van der Waals surface area contributed by atoms with Crippen LogP contribution >= 0.6 is 0 Å². The predicted molar refractivity (Wildman–Crippen MR) is 84.6 cm³/mol. The van der Waals surface area contributed by atoms with Crippen molar-refractivity contribution in [2.24, 2.45) is 0 Å². The molecule has 0 amide bonds. The van der Waals surface area contributed by atoms with Gasteiger partial charge in [0.2, 0.25) is 0 Å². The lowest BCUT2D eigenvalue weighted by molar-refractivity contribution is -0.0259. The van der Waals surface area contributed by atoms with E-state index in [1.807, 2.05) is 6.07 Å². The van der Waals surface area contributed by atoms with Crippen LogP contribution in [-0.4, -0.2) is 53.8 Å². The number of fused-ring (bicyclic) bond motifs is 1. The van der Waals surface area contributed by atoms with Gasteiger partial charge in [-0.15, -0.1) is 0 Å². The molecule has 21 heavy (non-hydrogen) atoms. The van der Waals surface area contributed by atoms with E-state index in [0.29, 0.717) is 0 Å². The largest absolute Gasteiger partial charge is 0.373 e. The second kappa shape index (κ2) is 5.95. The molecule has 1 aromatic carbocycles. The molecule has 0 spiro atoms. The molecule has 5 heteroatoms. The summed E-state index contributed by atoms with van der Waals surface area (Å²) in [6, 6.07) is 6.43. The van der Waals surface area contributed by atoms with Crippen LogP contribution in [0.2, 0.25) is 0 Å². The molecule has 1 saturated heterocycles. The van der Waals surface area contributed by atoms with E-state index >= 15 is 0 Å². The zero-order valence-electron chi connectivity index (χ0n) is 12.8. The minimum Gasteiger partial charge on any atom is -0.373 e. The Labute approximate surface area is 125 Å². The lowest BCUT2D eigenvalue weighted by atomic mass is 10.1. The molecule has 0 radical (unpaired) electrons. The topological polar surface area (TPSA) is 50.3 Å². The fourth-order valence-electron chi connectivity index (χ4n) is 2.71. The van der Waals surface area contributed by atoms with Gasteiger partial charge in [0.05, 0.1) is 24.3 Å². The number of aromatic nitrogens is 2. The van der Waals surface area contributed by atoms with Crippen molar-refractivity contribution in [1.82, 2.24) is 14.9 Å². The van der Waals surface area contributed by atoms with E-state index in [9.17, 15) is 0 Å². The number of benzene rings is 1. The highest BCUT2D eigenvalue weighted by atomic mass is 16.5. The minimum absolute atomic E-state index is 0.179. The molecule has 1 aromatic heterocycles. The van der Waals surface area contributed by atoms with Crippen LogP contribution in [0.5, 0.6) is 0 Å². The molecule has 1 N–H and O–H groups in total. The van der Waals surface area contributed by atoms with Gasteiger partial charge in [-0.1, -0.05) is 11.6 Å². The summed E-state index contributed by atoms with van der Waals surface area (Å²) in [5.41, 5.74) is 2.17. The summed E-state index contributed by atoms with van der Waals surface area (Å²) in [5, 5.41) is 4.56. The number of hydrogen-bond donors (Lipinski definition) is 1. The van der Waals surface area contributed by atoms with Gasteiger partial charge in [-0.2, -0.15) is 0 Å². The summed E-state index contributed by atoms with van der Waals surface area (Å²) in [6.07, 6.45) is 1.79. The van der Waals surface area contributed by atoms with Crippen molar-refractivity contribution in [1.29, 1.82) is 0 Å². The Bertz CT molecular complexity index is 631. The predicted octanol–water partition coefficient (Wildman–Crippen LogP) is 2.07. The summed E-state index contributed by atoms with van der Waals surface area (Å²) in [4.78, 5) is 11.0. The third-order valence-electron chi connectivity index (χ3n) is 4.01. The Balaban J connectivity index is 1.82. The molecular weight excluding hydrogens is 264 g/mol. The van der Waals surface area contributed by atoms with E-state index in [0.717, 1.165) is 36.4 Å². The summed E-state index contributed by atoms with van der Waals surface area (Å²) < 4.78 is 5.87. The van der Waals surface area contributed by atoms with Crippen molar-refractivity contribution in [3.05, 3.63) is 30.1 Å². The van der Waals surface area contributed by atoms with E-state index in [1.54, 1.807) is 6.33 Å². The highest BCUT2D eigenvalue weighted by molar-refractivity contribution is 5.89. The van der Waals surface area contributed by atoms with Crippen molar-refractivity contribution in [2.75, 3.05) is 32.1 Å². The second-order valence-corrected chi connectivity index (χ2v) is 5.85. The maximum absolute atomic E-state index is 5.87. The highest BCUT2D eigenvalue weighted by Gasteiger charge is 2.24. The number of hydrogen-bond acceptors (Lipinski definition) is 5. The van der Waals surface area contributed by atoms with Crippen LogP contribution in [0.3, 0.4) is 0 Å². The first-order chi connectivity index (χ1) is 10.1. The summed E-state index contributed by atoms with van der Waals surface area (Å²) >= 11 is 0. The summed E-state index contributed by atoms with van der Waals surface area (Å²) in [7, 11) is 2.13. The molecule has 112 valence electrons. The number of nitrogens with one attached hydrogen (secondary N) is 1. The molecule has 3 rings (SSSR count). The number of likely N-dealkylation sites (N-methyl/N-ethyl adjacent to an activating group) is 1. The number of rotatable bonds is 3. The number of ether oxygens (including phenoxy) is 1. The fraction of sp³-hybridized carbons (Fsp3) is 0.500. The minimum atomic E-state index is 0.179. The van der Waals surface area contributed by atoms with Crippen molar-refractivity contribution >= 4 is 16.7 Å². The Morgan fingerprint density at radius 2 is 2.24 bits per heavy atom. The molecule has 2 atom stereocenters. The van der Waals surface area contributed by atoms with Crippen molar-refractivity contribution in [2.45, 2.75) is 26.0 Å². The summed E-state index contributed by atoms with van der Waals surface area (Å²) in [5.74, 6) is 0.882. The van der Waals surface area contributed by atoms with Crippen molar-refractivity contribution in [3.63, 3.8) is 0 Å². The maximum atomic E-state index is 5.87. The van der Waals surface area contributed by atoms with Crippen molar-refractivity contribution < 1.29 is 4.74 Å². The third kappa shape index (κ3) is 3.14. The molecule has 2 unspecified atom stereocenters. The van der Waals surface area contributed by atoms with E-state index < -0.39 is 0 Å². The third-order valence-corrected chi connectivity index (χ3v) is 4.01. The number of nitrogens with zero attached hydrogens (tertiary/aromatic N) is 3. The van der Waals surface area contributed by atoms with Gasteiger partial charge < -0.3 is 15.0 Å². The average Bonchev–Trinajstić information content (AvgIpc) is 2.48. The van der Waals surface area contributed by atoms with Gasteiger partial charge in [0, 0.05) is 18.5 Å². The van der Waals surface area contributed by atoms with Crippen LogP contribution in [-0.2, 0) is 4.74 Å². The van der Waals surface area contributed by atoms with Gasteiger partial charge >= 0.3 is 0 Å². The van der Waals surface area contributed by atoms with Crippen LogP contribution in [0, 0.1) is 6.92 Å². The number of anilines is 1. The molecule has 1 aliphatic rings. The van der Waals surface area contributed by atoms with Gasteiger partial charge in [0.15, 0.2) is 0 Å². The first-order valence-corrected chi connectivity index (χ1v) is 7.41. The average molecular weight is 286 g/mol. The molecule has 1 fully saturated rings. The van der Waals surface area contributed by atoms with E-state index in [2.05, 4.69) is 53.2 Å². The Hall–Kier alpha value is -1.72. The molecule has 0 bridgehead atoms. The molecule has 0 aliphatic carbocycles.